The maximum absolute atomic E-state index is 13.3. The zero-order chi connectivity index (χ0) is 13.1. The standard InChI is InChI=1S/C13H11ClF2N2/c1-8(9-2-4-11(14)12(15)6-9)18-10-3-5-13(16)17-7-10/h2-8,18H,1H3. The summed E-state index contributed by atoms with van der Waals surface area (Å²) in [5, 5.41) is 3.19. The van der Waals surface area contributed by atoms with Crippen LogP contribution in [0.25, 0.3) is 0 Å². The van der Waals surface area contributed by atoms with Crippen LogP contribution in [0.1, 0.15) is 18.5 Å². The van der Waals surface area contributed by atoms with Crippen LogP contribution in [0.3, 0.4) is 0 Å². The van der Waals surface area contributed by atoms with Gasteiger partial charge >= 0.3 is 0 Å². The minimum atomic E-state index is -0.536. The summed E-state index contributed by atoms with van der Waals surface area (Å²) >= 11 is 5.62. The largest absolute Gasteiger partial charge is 0.377 e. The molecule has 1 heterocycles. The van der Waals surface area contributed by atoms with Gasteiger partial charge in [0.25, 0.3) is 0 Å². The number of halogens is 3. The first-order chi connectivity index (χ1) is 8.56. The zero-order valence-electron chi connectivity index (χ0n) is 9.62. The first-order valence-electron chi connectivity index (χ1n) is 5.39. The van der Waals surface area contributed by atoms with Crippen molar-refractivity contribution in [2.75, 3.05) is 5.32 Å². The first kappa shape index (κ1) is 12.8. The lowest BCUT2D eigenvalue weighted by Gasteiger charge is -2.15. The third-order valence-corrected chi connectivity index (χ3v) is 2.86. The number of aromatic nitrogens is 1. The van der Waals surface area contributed by atoms with E-state index >= 15 is 0 Å². The second kappa shape index (κ2) is 5.31. The summed E-state index contributed by atoms with van der Waals surface area (Å²) in [4.78, 5) is 3.53. The second-order valence-electron chi connectivity index (χ2n) is 3.91. The van der Waals surface area contributed by atoms with Gasteiger partial charge in [0.2, 0.25) is 5.95 Å². The van der Waals surface area contributed by atoms with E-state index in [0.717, 1.165) is 5.56 Å². The monoisotopic (exact) mass is 268 g/mol. The molecule has 0 bridgehead atoms. The van der Waals surface area contributed by atoms with Gasteiger partial charge in [0.1, 0.15) is 5.82 Å². The van der Waals surface area contributed by atoms with Crippen molar-refractivity contribution in [1.29, 1.82) is 0 Å². The molecule has 94 valence electrons. The van der Waals surface area contributed by atoms with Gasteiger partial charge in [0.05, 0.1) is 16.9 Å². The molecule has 0 radical (unpaired) electrons. The summed E-state index contributed by atoms with van der Waals surface area (Å²) in [5.74, 6) is -0.995. The summed E-state index contributed by atoms with van der Waals surface area (Å²) in [7, 11) is 0. The van der Waals surface area contributed by atoms with Crippen LogP contribution in [0.5, 0.6) is 0 Å². The van der Waals surface area contributed by atoms with Gasteiger partial charge in [-0.3, -0.25) is 0 Å². The molecule has 1 unspecified atom stereocenters. The number of nitrogens with zero attached hydrogens (tertiary/aromatic N) is 1. The van der Waals surface area contributed by atoms with Crippen molar-refractivity contribution in [3.63, 3.8) is 0 Å². The van der Waals surface area contributed by atoms with E-state index in [9.17, 15) is 8.78 Å². The van der Waals surface area contributed by atoms with E-state index in [0.29, 0.717) is 5.69 Å². The third kappa shape index (κ3) is 2.96. The van der Waals surface area contributed by atoms with Crippen molar-refractivity contribution in [2.45, 2.75) is 13.0 Å². The number of nitrogens with one attached hydrogen (secondary N) is 1. The van der Waals surface area contributed by atoms with Gasteiger partial charge in [-0.05, 0) is 36.8 Å². The van der Waals surface area contributed by atoms with Crippen molar-refractivity contribution in [1.82, 2.24) is 4.98 Å². The van der Waals surface area contributed by atoms with E-state index in [1.54, 1.807) is 12.1 Å². The van der Waals surface area contributed by atoms with Crippen molar-refractivity contribution in [3.8, 4) is 0 Å². The minimum Gasteiger partial charge on any atom is -0.377 e. The Morgan fingerprint density at radius 2 is 2.00 bits per heavy atom. The molecule has 5 heteroatoms. The Kier molecular flexibility index (Phi) is 3.77. The van der Waals surface area contributed by atoms with Crippen molar-refractivity contribution in [2.24, 2.45) is 0 Å². The molecule has 1 atom stereocenters. The average molecular weight is 269 g/mol. The van der Waals surface area contributed by atoms with Gasteiger partial charge in [-0.25, -0.2) is 9.37 Å². The molecular weight excluding hydrogens is 258 g/mol. The lowest BCUT2D eigenvalue weighted by molar-refractivity contribution is 0.584. The maximum Gasteiger partial charge on any atom is 0.212 e. The number of hydrogen-bond donors (Lipinski definition) is 1. The molecule has 0 aliphatic carbocycles. The van der Waals surface area contributed by atoms with Crippen LogP contribution in [0.4, 0.5) is 14.5 Å². The van der Waals surface area contributed by atoms with Crippen LogP contribution < -0.4 is 5.32 Å². The highest BCUT2D eigenvalue weighted by atomic mass is 35.5. The van der Waals surface area contributed by atoms with Crippen LogP contribution in [-0.4, -0.2) is 4.98 Å². The Morgan fingerprint density at radius 3 is 2.61 bits per heavy atom. The van der Waals surface area contributed by atoms with Crippen molar-refractivity contribution >= 4 is 17.3 Å². The quantitative estimate of drug-likeness (QED) is 0.845. The summed E-state index contributed by atoms with van der Waals surface area (Å²) in [6.07, 6.45) is 1.39. The van der Waals surface area contributed by atoms with Crippen LogP contribution >= 0.6 is 11.6 Å². The van der Waals surface area contributed by atoms with Crippen molar-refractivity contribution in [3.05, 3.63) is 58.9 Å². The van der Waals surface area contributed by atoms with E-state index in [2.05, 4.69) is 10.3 Å². The van der Waals surface area contributed by atoms with Gasteiger partial charge < -0.3 is 5.32 Å². The van der Waals surface area contributed by atoms with Crippen molar-refractivity contribution < 1.29 is 8.78 Å². The molecule has 0 aliphatic heterocycles. The topological polar surface area (TPSA) is 24.9 Å². The Balaban J connectivity index is 2.13. The number of benzene rings is 1. The molecule has 0 aliphatic rings. The SMILES string of the molecule is CC(Nc1ccc(F)nc1)c1ccc(Cl)c(F)c1. The highest BCUT2D eigenvalue weighted by molar-refractivity contribution is 6.30. The summed E-state index contributed by atoms with van der Waals surface area (Å²) in [6, 6.07) is 7.32. The highest BCUT2D eigenvalue weighted by Gasteiger charge is 2.08. The Morgan fingerprint density at radius 1 is 1.22 bits per heavy atom. The average Bonchev–Trinajstić information content (AvgIpc) is 2.35. The molecule has 2 aromatic rings. The molecule has 0 saturated heterocycles. The highest BCUT2D eigenvalue weighted by Crippen LogP contribution is 2.22. The van der Waals surface area contributed by atoms with E-state index in [4.69, 9.17) is 11.6 Å². The van der Waals surface area contributed by atoms with Gasteiger partial charge in [-0.1, -0.05) is 17.7 Å². The van der Waals surface area contributed by atoms with Crippen LogP contribution in [0, 0.1) is 11.8 Å². The predicted octanol–water partition coefficient (Wildman–Crippen LogP) is 4.19. The minimum absolute atomic E-state index is 0.0920. The fraction of sp³-hybridized carbons (Fsp3) is 0.154. The number of rotatable bonds is 3. The molecule has 0 saturated carbocycles. The number of hydrogen-bond acceptors (Lipinski definition) is 2. The smallest absolute Gasteiger partial charge is 0.212 e. The summed E-state index contributed by atoms with van der Waals surface area (Å²) < 4.78 is 26.0. The van der Waals surface area contributed by atoms with E-state index in [1.165, 1.54) is 24.4 Å². The zero-order valence-corrected chi connectivity index (χ0v) is 10.4. The number of anilines is 1. The molecule has 1 N–H and O–H groups in total. The fourth-order valence-corrected chi connectivity index (χ4v) is 1.69. The number of pyridine rings is 1. The van der Waals surface area contributed by atoms with Gasteiger partial charge in [-0.15, -0.1) is 0 Å². The maximum atomic E-state index is 13.3. The van der Waals surface area contributed by atoms with E-state index < -0.39 is 11.8 Å². The Hall–Kier alpha value is -1.68. The lowest BCUT2D eigenvalue weighted by atomic mass is 10.1. The molecule has 0 spiro atoms. The van der Waals surface area contributed by atoms with Crippen LogP contribution in [-0.2, 0) is 0 Å². The molecular formula is C13H11ClF2N2. The molecule has 0 amide bonds. The van der Waals surface area contributed by atoms with Crippen LogP contribution in [0.15, 0.2) is 36.5 Å². The summed E-state index contributed by atoms with van der Waals surface area (Å²) in [6.45, 7) is 1.87. The molecule has 1 aromatic carbocycles. The predicted molar refractivity (Wildman–Crippen MR) is 67.6 cm³/mol. The summed E-state index contributed by atoms with van der Waals surface area (Å²) in [5.41, 5.74) is 1.42. The molecule has 1 aromatic heterocycles. The third-order valence-electron chi connectivity index (χ3n) is 2.55. The molecule has 2 nitrogen and oxygen atoms in total. The molecule has 18 heavy (non-hydrogen) atoms. The second-order valence-corrected chi connectivity index (χ2v) is 4.32. The molecule has 0 fully saturated rings. The Bertz CT molecular complexity index is 543. The van der Waals surface area contributed by atoms with E-state index in [1.807, 2.05) is 6.92 Å². The lowest BCUT2D eigenvalue weighted by Crippen LogP contribution is -2.07. The van der Waals surface area contributed by atoms with Gasteiger partial charge in [0.15, 0.2) is 0 Å². The van der Waals surface area contributed by atoms with E-state index in [-0.39, 0.29) is 11.1 Å². The van der Waals surface area contributed by atoms with Crippen LogP contribution in [0.2, 0.25) is 5.02 Å². The normalized spacial score (nSPS) is 12.2. The fourth-order valence-electron chi connectivity index (χ4n) is 1.58. The van der Waals surface area contributed by atoms with Gasteiger partial charge in [-0.2, -0.15) is 4.39 Å². The molecule has 2 rings (SSSR count). The Labute approximate surface area is 109 Å². The van der Waals surface area contributed by atoms with Gasteiger partial charge in [0, 0.05) is 6.04 Å². The first-order valence-corrected chi connectivity index (χ1v) is 5.77.